The summed E-state index contributed by atoms with van der Waals surface area (Å²) in [5.74, 6) is -2.15. The maximum atomic E-state index is 13.8. The number of carbonyl (C=O) groups is 2. The van der Waals surface area contributed by atoms with Crippen LogP contribution in [0.25, 0.3) is 0 Å². The van der Waals surface area contributed by atoms with E-state index in [0.29, 0.717) is 12.8 Å². The number of hydrogen-bond donors (Lipinski definition) is 3. The number of carbonyl (C=O) groups excluding carboxylic acids is 1. The number of hydrogen-bond acceptors (Lipinski definition) is 3. The molecule has 0 atom stereocenters. The highest BCUT2D eigenvalue weighted by Gasteiger charge is 2.38. The fourth-order valence-electron chi connectivity index (χ4n) is 2.76. The highest BCUT2D eigenvalue weighted by Crippen LogP contribution is 2.36. The van der Waals surface area contributed by atoms with Gasteiger partial charge in [-0.25, -0.2) is 9.18 Å². The maximum Gasteiger partial charge on any atom is 0.335 e. The van der Waals surface area contributed by atoms with Gasteiger partial charge in [0.05, 0.1) is 16.7 Å². The van der Waals surface area contributed by atoms with Gasteiger partial charge in [-0.3, -0.25) is 4.79 Å². The Balaban J connectivity index is 2.22. The molecule has 0 heterocycles. The number of aromatic carboxylic acids is 1. The Kier molecular flexibility index (Phi) is 4.57. The molecule has 6 heteroatoms. The molecule has 1 aromatic carbocycles. The molecule has 1 fully saturated rings. The molecule has 4 N–H and O–H groups in total. The second-order valence-corrected chi connectivity index (χ2v) is 5.50. The minimum Gasteiger partial charge on any atom is -0.478 e. The van der Waals surface area contributed by atoms with Crippen LogP contribution >= 0.6 is 0 Å². The van der Waals surface area contributed by atoms with Crippen LogP contribution in [0.2, 0.25) is 0 Å². The van der Waals surface area contributed by atoms with Crippen molar-refractivity contribution < 1.29 is 19.1 Å². The smallest absolute Gasteiger partial charge is 0.335 e. The first kappa shape index (κ1) is 15.4. The van der Waals surface area contributed by atoms with Gasteiger partial charge in [0, 0.05) is 6.54 Å². The summed E-state index contributed by atoms with van der Waals surface area (Å²) in [6, 6.07) is 3.32. The van der Waals surface area contributed by atoms with Crippen LogP contribution < -0.4 is 11.1 Å². The van der Waals surface area contributed by atoms with Crippen molar-refractivity contribution in [3.8, 4) is 0 Å². The lowest BCUT2D eigenvalue weighted by Crippen LogP contribution is -2.44. The largest absolute Gasteiger partial charge is 0.478 e. The Labute approximate surface area is 122 Å². The average Bonchev–Trinajstić information content (AvgIpc) is 2.49. The Morgan fingerprint density at radius 1 is 1.29 bits per heavy atom. The Bertz CT molecular complexity index is 554. The normalized spacial score (nSPS) is 17.2. The average molecular weight is 294 g/mol. The van der Waals surface area contributed by atoms with Gasteiger partial charge < -0.3 is 16.2 Å². The van der Waals surface area contributed by atoms with Gasteiger partial charge in [-0.15, -0.1) is 0 Å². The topological polar surface area (TPSA) is 92.4 Å². The van der Waals surface area contributed by atoms with Crippen molar-refractivity contribution in [3.05, 3.63) is 29.6 Å². The summed E-state index contributed by atoms with van der Waals surface area (Å²) in [5, 5.41) is 11.4. The van der Waals surface area contributed by atoms with Crippen molar-refractivity contribution >= 4 is 17.6 Å². The van der Waals surface area contributed by atoms with Crippen LogP contribution in [0, 0.1) is 11.2 Å². The van der Waals surface area contributed by atoms with Gasteiger partial charge >= 0.3 is 5.97 Å². The van der Waals surface area contributed by atoms with E-state index in [0.717, 1.165) is 37.5 Å². The van der Waals surface area contributed by atoms with E-state index in [1.54, 1.807) is 0 Å². The number of benzene rings is 1. The molecule has 5 nitrogen and oxygen atoms in total. The summed E-state index contributed by atoms with van der Waals surface area (Å²) in [4.78, 5) is 23.4. The fraction of sp³-hybridized carbons (Fsp3) is 0.467. The van der Waals surface area contributed by atoms with Crippen molar-refractivity contribution in [1.82, 2.24) is 0 Å². The molecule has 0 saturated heterocycles. The molecule has 1 aliphatic rings. The number of rotatable bonds is 4. The molecule has 1 aliphatic carbocycles. The van der Waals surface area contributed by atoms with E-state index in [2.05, 4.69) is 5.32 Å². The van der Waals surface area contributed by atoms with E-state index in [1.165, 1.54) is 0 Å². The van der Waals surface area contributed by atoms with Gasteiger partial charge in [-0.05, 0) is 31.0 Å². The van der Waals surface area contributed by atoms with Crippen LogP contribution in [0.5, 0.6) is 0 Å². The molecular weight excluding hydrogens is 275 g/mol. The zero-order chi connectivity index (χ0) is 15.5. The first-order valence-corrected chi connectivity index (χ1v) is 7.03. The standard InChI is InChI=1S/C15H19FN2O3/c16-11-5-4-10(13(19)20)8-12(11)18-14(21)15(9-17)6-2-1-3-7-15/h4-5,8H,1-3,6-7,9,17H2,(H,18,21)(H,19,20). The third kappa shape index (κ3) is 3.21. The fourth-order valence-corrected chi connectivity index (χ4v) is 2.76. The van der Waals surface area contributed by atoms with Crippen LogP contribution in [-0.4, -0.2) is 23.5 Å². The lowest BCUT2D eigenvalue weighted by molar-refractivity contribution is -0.126. The molecule has 0 aromatic heterocycles. The van der Waals surface area contributed by atoms with Gasteiger partial charge in [0.25, 0.3) is 0 Å². The predicted octanol–water partition coefficient (Wildman–Crippen LogP) is 2.37. The van der Waals surface area contributed by atoms with Gasteiger partial charge in [0.2, 0.25) is 5.91 Å². The maximum absolute atomic E-state index is 13.8. The second kappa shape index (κ2) is 6.22. The van der Waals surface area contributed by atoms with E-state index >= 15 is 0 Å². The number of nitrogens with one attached hydrogen (secondary N) is 1. The number of carboxylic acid groups (broad SMARTS) is 1. The lowest BCUT2D eigenvalue weighted by atomic mass is 9.73. The summed E-state index contributed by atoms with van der Waals surface area (Å²) in [6.45, 7) is 0.207. The van der Waals surface area contributed by atoms with E-state index < -0.39 is 17.2 Å². The quantitative estimate of drug-likeness (QED) is 0.795. The van der Waals surface area contributed by atoms with Crippen LogP contribution in [0.15, 0.2) is 18.2 Å². The molecular formula is C15H19FN2O3. The zero-order valence-corrected chi connectivity index (χ0v) is 11.7. The molecule has 114 valence electrons. The number of anilines is 1. The van der Waals surface area contributed by atoms with E-state index in [1.807, 2.05) is 0 Å². The monoisotopic (exact) mass is 294 g/mol. The molecule has 0 aliphatic heterocycles. The Hall–Kier alpha value is -1.95. The van der Waals surface area contributed by atoms with Gasteiger partial charge in [0.15, 0.2) is 0 Å². The molecule has 2 rings (SSSR count). The molecule has 0 spiro atoms. The van der Waals surface area contributed by atoms with Gasteiger partial charge in [-0.2, -0.15) is 0 Å². The number of carboxylic acids is 1. The first-order chi connectivity index (χ1) is 9.98. The minimum absolute atomic E-state index is 0.0721. The summed E-state index contributed by atoms with van der Waals surface area (Å²) in [7, 11) is 0. The van der Waals surface area contributed by atoms with Crippen LogP contribution in [0.1, 0.15) is 42.5 Å². The summed E-state index contributed by atoms with van der Waals surface area (Å²) in [5.41, 5.74) is 4.90. The summed E-state index contributed by atoms with van der Waals surface area (Å²) in [6.07, 6.45) is 4.26. The third-order valence-corrected chi connectivity index (χ3v) is 4.14. The summed E-state index contributed by atoms with van der Waals surface area (Å²) < 4.78 is 13.8. The van der Waals surface area contributed by atoms with Crippen LogP contribution in [0.3, 0.4) is 0 Å². The minimum atomic E-state index is -1.17. The summed E-state index contributed by atoms with van der Waals surface area (Å²) >= 11 is 0. The SMILES string of the molecule is NCC1(C(=O)Nc2cc(C(=O)O)ccc2F)CCCCC1. The van der Waals surface area contributed by atoms with Crippen molar-refractivity contribution in [2.45, 2.75) is 32.1 Å². The molecule has 1 amide bonds. The molecule has 1 aromatic rings. The number of halogens is 1. The highest BCUT2D eigenvalue weighted by atomic mass is 19.1. The van der Waals surface area contributed by atoms with Crippen LogP contribution in [0.4, 0.5) is 10.1 Å². The van der Waals surface area contributed by atoms with Gasteiger partial charge in [0.1, 0.15) is 5.82 Å². The van der Waals surface area contributed by atoms with Gasteiger partial charge in [-0.1, -0.05) is 19.3 Å². The van der Waals surface area contributed by atoms with E-state index in [9.17, 15) is 14.0 Å². The van der Waals surface area contributed by atoms with E-state index in [4.69, 9.17) is 10.8 Å². The van der Waals surface area contributed by atoms with Crippen molar-refractivity contribution in [2.75, 3.05) is 11.9 Å². The molecule has 21 heavy (non-hydrogen) atoms. The first-order valence-electron chi connectivity index (χ1n) is 7.03. The lowest BCUT2D eigenvalue weighted by Gasteiger charge is -2.34. The zero-order valence-electron chi connectivity index (χ0n) is 11.7. The molecule has 0 radical (unpaired) electrons. The molecule has 0 bridgehead atoms. The van der Waals surface area contributed by atoms with Crippen molar-refractivity contribution in [3.63, 3.8) is 0 Å². The second-order valence-electron chi connectivity index (χ2n) is 5.50. The third-order valence-electron chi connectivity index (χ3n) is 4.14. The van der Waals surface area contributed by atoms with Crippen molar-refractivity contribution in [1.29, 1.82) is 0 Å². The van der Waals surface area contributed by atoms with Crippen LogP contribution in [-0.2, 0) is 4.79 Å². The van der Waals surface area contributed by atoms with Crippen molar-refractivity contribution in [2.24, 2.45) is 11.1 Å². The molecule has 0 unspecified atom stereocenters. The Morgan fingerprint density at radius 3 is 2.52 bits per heavy atom. The predicted molar refractivity (Wildman–Crippen MR) is 76.6 cm³/mol. The highest BCUT2D eigenvalue weighted by molar-refractivity contribution is 5.97. The Morgan fingerprint density at radius 2 is 1.95 bits per heavy atom. The van der Waals surface area contributed by atoms with E-state index in [-0.39, 0.29) is 23.7 Å². The molecule has 1 saturated carbocycles. The number of nitrogens with two attached hydrogens (primary N) is 1. The number of amides is 1.